The van der Waals surface area contributed by atoms with Gasteiger partial charge in [-0.05, 0) is 27.2 Å². The highest BCUT2D eigenvalue weighted by Gasteiger charge is 2.26. The van der Waals surface area contributed by atoms with Crippen molar-refractivity contribution in [3.8, 4) is 0 Å². The summed E-state index contributed by atoms with van der Waals surface area (Å²) in [6.45, 7) is 9.44. The van der Waals surface area contributed by atoms with Crippen LogP contribution in [0.25, 0.3) is 0 Å². The summed E-state index contributed by atoms with van der Waals surface area (Å²) >= 11 is 0. The van der Waals surface area contributed by atoms with Gasteiger partial charge in [-0.15, -0.1) is 34.2 Å². The van der Waals surface area contributed by atoms with Crippen molar-refractivity contribution in [1.82, 2.24) is 24.6 Å². The van der Waals surface area contributed by atoms with Gasteiger partial charge in [0.05, 0.1) is 0 Å². The molecule has 0 unspecified atom stereocenters. The summed E-state index contributed by atoms with van der Waals surface area (Å²) in [5.74, 6) is 2.39. The van der Waals surface area contributed by atoms with Crippen LogP contribution in [0.5, 0.6) is 0 Å². The summed E-state index contributed by atoms with van der Waals surface area (Å²) in [5.41, 5.74) is 5.64. The lowest BCUT2D eigenvalue weighted by Gasteiger charge is -2.36. The molecule has 1 aromatic rings. The zero-order valence-electron chi connectivity index (χ0n) is 15.6. The summed E-state index contributed by atoms with van der Waals surface area (Å²) in [6.07, 6.45) is 1.82. The van der Waals surface area contributed by atoms with Crippen molar-refractivity contribution in [3.63, 3.8) is 0 Å². The monoisotopic (exact) mass is 477 g/mol. The van der Waals surface area contributed by atoms with Crippen LogP contribution in [0.4, 0.5) is 4.79 Å². The van der Waals surface area contributed by atoms with Gasteiger partial charge in [0.1, 0.15) is 18.0 Å². The first kappa shape index (κ1) is 20.7. The Bertz CT molecular complexity index is 660. The predicted molar refractivity (Wildman–Crippen MR) is 108 cm³/mol. The average molecular weight is 477 g/mol. The number of rotatable bonds is 2. The summed E-state index contributed by atoms with van der Waals surface area (Å²) in [4.78, 5) is 20.2. The highest BCUT2D eigenvalue weighted by Crippen LogP contribution is 2.15. The van der Waals surface area contributed by atoms with E-state index in [1.165, 1.54) is 0 Å². The van der Waals surface area contributed by atoms with E-state index in [1.54, 1.807) is 4.90 Å². The number of nitrogens with zero attached hydrogens (tertiary/aromatic N) is 6. The quantitative estimate of drug-likeness (QED) is 0.391. The molecule has 3 rings (SSSR count). The fourth-order valence-electron chi connectivity index (χ4n) is 3.02. The van der Waals surface area contributed by atoms with Crippen molar-refractivity contribution in [1.29, 1.82) is 0 Å². The second-order valence-corrected chi connectivity index (χ2v) is 7.42. The smallest absolute Gasteiger partial charge is 0.410 e. The van der Waals surface area contributed by atoms with E-state index in [0.717, 1.165) is 31.0 Å². The Labute approximate surface area is 171 Å². The highest BCUT2D eigenvalue weighted by atomic mass is 127. The van der Waals surface area contributed by atoms with Crippen LogP contribution in [0.2, 0.25) is 0 Å². The molecular formula is C16H28IN7O2. The summed E-state index contributed by atoms with van der Waals surface area (Å²) in [5, 5.41) is 8.36. The highest BCUT2D eigenvalue weighted by molar-refractivity contribution is 14.0. The number of ether oxygens (including phenoxy) is 1. The lowest BCUT2D eigenvalue weighted by molar-refractivity contribution is 0.0186. The van der Waals surface area contributed by atoms with Gasteiger partial charge >= 0.3 is 6.09 Å². The second kappa shape index (κ2) is 8.40. The molecule has 1 aromatic heterocycles. The molecule has 0 aromatic carbocycles. The van der Waals surface area contributed by atoms with Gasteiger partial charge in [0.2, 0.25) is 0 Å². The molecule has 0 bridgehead atoms. The van der Waals surface area contributed by atoms with Crippen molar-refractivity contribution < 1.29 is 9.53 Å². The third-order valence-corrected chi connectivity index (χ3v) is 4.32. The number of hydrogen-bond donors (Lipinski definition) is 1. The lowest BCUT2D eigenvalue weighted by Crippen LogP contribution is -2.53. The molecule has 1 amide bonds. The maximum absolute atomic E-state index is 12.1. The molecular weight excluding hydrogens is 449 g/mol. The topological polar surface area (TPSA) is 102 Å². The van der Waals surface area contributed by atoms with Crippen LogP contribution in [-0.4, -0.2) is 68.4 Å². The van der Waals surface area contributed by atoms with Crippen molar-refractivity contribution in [2.24, 2.45) is 10.7 Å². The number of aromatic nitrogens is 3. The molecule has 2 aliphatic rings. The number of aryl methyl sites for hydroxylation is 1. The van der Waals surface area contributed by atoms with Gasteiger partial charge in [-0.25, -0.2) is 9.79 Å². The molecule has 0 radical (unpaired) electrons. The van der Waals surface area contributed by atoms with Crippen LogP contribution in [0.1, 0.15) is 38.8 Å². The Balaban J connectivity index is 0.00000243. The number of carbonyl (C=O) groups is 1. The third kappa shape index (κ3) is 4.98. The van der Waals surface area contributed by atoms with E-state index in [9.17, 15) is 4.79 Å². The van der Waals surface area contributed by atoms with Gasteiger partial charge in [0, 0.05) is 39.1 Å². The minimum Gasteiger partial charge on any atom is -0.444 e. The first-order valence-electron chi connectivity index (χ1n) is 8.77. The maximum Gasteiger partial charge on any atom is 0.410 e. The molecule has 1 fully saturated rings. The summed E-state index contributed by atoms with van der Waals surface area (Å²) in [6, 6.07) is 0. The standard InChI is InChI=1S/C16H27N7O2.HI/c1-16(2,3)25-15(24)22-9-7-21(8-10-22)14(17)18-11-13-20-19-12-5-4-6-23(12)13;/h4-11H2,1-3H3,(H2,17,18);1H. The molecule has 2 N–H and O–H groups in total. The van der Waals surface area contributed by atoms with Gasteiger partial charge in [0.15, 0.2) is 11.8 Å². The summed E-state index contributed by atoms with van der Waals surface area (Å²) in [7, 11) is 0. The first-order valence-corrected chi connectivity index (χ1v) is 8.77. The molecule has 1 saturated heterocycles. The molecule has 9 nitrogen and oxygen atoms in total. The van der Waals surface area contributed by atoms with Crippen molar-refractivity contribution in [2.75, 3.05) is 26.2 Å². The van der Waals surface area contributed by atoms with Crippen molar-refractivity contribution in [2.45, 2.75) is 52.3 Å². The molecule has 26 heavy (non-hydrogen) atoms. The number of amides is 1. The van der Waals surface area contributed by atoms with Crippen LogP contribution in [0.15, 0.2) is 4.99 Å². The zero-order chi connectivity index (χ0) is 18.0. The van der Waals surface area contributed by atoms with Crippen LogP contribution >= 0.6 is 24.0 Å². The Morgan fingerprint density at radius 1 is 1.15 bits per heavy atom. The fourth-order valence-corrected chi connectivity index (χ4v) is 3.02. The number of piperazine rings is 1. The van der Waals surface area contributed by atoms with E-state index < -0.39 is 5.60 Å². The van der Waals surface area contributed by atoms with E-state index >= 15 is 0 Å². The minimum atomic E-state index is -0.479. The van der Waals surface area contributed by atoms with E-state index in [1.807, 2.05) is 25.7 Å². The van der Waals surface area contributed by atoms with Gasteiger partial charge in [0.25, 0.3) is 0 Å². The van der Waals surface area contributed by atoms with Crippen LogP contribution < -0.4 is 5.73 Å². The minimum absolute atomic E-state index is 0. The third-order valence-electron chi connectivity index (χ3n) is 4.32. The second-order valence-electron chi connectivity index (χ2n) is 7.42. The van der Waals surface area contributed by atoms with Gasteiger partial charge < -0.3 is 24.8 Å². The molecule has 0 aliphatic carbocycles. The number of fused-ring (bicyclic) bond motifs is 1. The molecule has 146 valence electrons. The largest absolute Gasteiger partial charge is 0.444 e. The summed E-state index contributed by atoms with van der Waals surface area (Å²) < 4.78 is 7.52. The molecule has 3 heterocycles. The Morgan fingerprint density at radius 2 is 1.81 bits per heavy atom. The van der Waals surface area contributed by atoms with E-state index in [-0.39, 0.29) is 30.1 Å². The fraction of sp³-hybridized carbons (Fsp3) is 0.750. The van der Waals surface area contributed by atoms with E-state index in [4.69, 9.17) is 10.5 Å². The zero-order valence-corrected chi connectivity index (χ0v) is 18.0. The first-order chi connectivity index (χ1) is 11.8. The maximum atomic E-state index is 12.1. The Hall–Kier alpha value is -1.59. The van der Waals surface area contributed by atoms with Gasteiger partial charge in [-0.2, -0.15) is 0 Å². The van der Waals surface area contributed by atoms with Crippen LogP contribution in [0.3, 0.4) is 0 Å². The van der Waals surface area contributed by atoms with Gasteiger partial charge in [-0.1, -0.05) is 0 Å². The van der Waals surface area contributed by atoms with Crippen molar-refractivity contribution in [3.05, 3.63) is 11.6 Å². The van der Waals surface area contributed by atoms with E-state index in [2.05, 4.69) is 19.8 Å². The predicted octanol–water partition coefficient (Wildman–Crippen LogP) is 1.21. The molecule has 0 spiro atoms. The molecule has 0 saturated carbocycles. The van der Waals surface area contributed by atoms with Crippen LogP contribution in [0, 0.1) is 0 Å². The van der Waals surface area contributed by atoms with Crippen LogP contribution in [-0.2, 0) is 24.2 Å². The average Bonchev–Trinajstić information content (AvgIpc) is 3.15. The Kier molecular flexibility index (Phi) is 6.69. The number of hydrogen-bond acceptors (Lipinski definition) is 5. The molecule has 0 atom stereocenters. The number of carbonyl (C=O) groups excluding carboxylic acids is 1. The normalized spacial score (nSPS) is 17.7. The van der Waals surface area contributed by atoms with Crippen molar-refractivity contribution >= 4 is 36.0 Å². The lowest BCUT2D eigenvalue weighted by atomic mass is 10.2. The molecule has 10 heteroatoms. The number of nitrogens with two attached hydrogens (primary N) is 1. The van der Waals surface area contributed by atoms with Gasteiger partial charge in [-0.3, -0.25) is 0 Å². The number of aliphatic imine (C=N–C) groups is 1. The Morgan fingerprint density at radius 3 is 2.46 bits per heavy atom. The number of guanidine groups is 1. The number of halogens is 1. The molecule has 2 aliphatic heterocycles. The van der Waals surface area contributed by atoms with E-state index in [0.29, 0.717) is 38.7 Å². The SMILES string of the molecule is CC(C)(C)OC(=O)N1CCN(C(N)=NCc2nnc3n2CCC3)CC1.I.